The van der Waals surface area contributed by atoms with Crippen LogP contribution in [-0.4, -0.2) is 25.1 Å². The number of furan rings is 1. The van der Waals surface area contributed by atoms with Gasteiger partial charge in [0.2, 0.25) is 14.9 Å². The molecule has 0 aliphatic heterocycles. The molecule has 24 heavy (non-hydrogen) atoms. The molecule has 0 radical (unpaired) electrons. The Kier molecular flexibility index (Phi) is 3.98. The van der Waals surface area contributed by atoms with Crippen LogP contribution in [0.1, 0.15) is 10.6 Å². The first-order valence-electron chi connectivity index (χ1n) is 6.89. The van der Waals surface area contributed by atoms with Crippen LogP contribution in [0.25, 0.3) is 5.69 Å². The van der Waals surface area contributed by atoms with Crippen LogP contribution in [0.2, 0.25) is 0 Å². The lowest BCUT2D eigenvalue weighted by atomic mass is 10.2. The van der Waals surface area contributed by atoms with Gasteiger partial charge in [-0.25, -0.2) is 12.8 Å². The number of aromatic nitrogens is 1. The molecule has 1 aromatic carbocycles. The number of carbonyl (C=O) groups excluding carboxylic acids is 1. The lowest BCUT2D eigenvalue weighted by molar-refractivity contribution is 0.0991. The molecule has 0 unspecified atom stereocenters. The number of nitrogens with zero attached hydrogens (tertiary/aromatic N) is 1. The minimum absolute atomic E-state index is 0.154. The molecule has 0 aliphatic rings. The smallest absolute Gasteiger partial charge is 0.291 e. The van der Waals surface area contributed by atoms with Crippen molar-refractivity contribution < 1.29 is 22.0 Å². The number of anilines is 1. The minimum Gasteiger partial charge on any atom is -0.440 e. The van der Waals surface area contributed by atoms with Gasteiger partial charge in [-0.1, -0.05) is 0 Å². The average Bonchev–Trinajstić information content (AvgIpc) is 3.19. The molecule has 8 heteroatoms. The summed E-state index contributed by atoms with van der Waals surface area (Å²) in [5.74, 6) is -1.24. The number of hydrogen-bond acceptors (Lipinski definition) is 4. The predicted octanol–water partition coefficient (Wildman–Crippen LogP) is 2.87. The molecule has 0 spiro atoms. The molecule has 2 heterocycles. The number of carbonyl (C=O) groups is 1. The molecule has 3 rings (SSSR count). The summed E-state index contributed by atoms with van der Waals surface area (Å²) in [6.45, 7) is 0. The Balaban J connectivity index is 1.91. The first kappa shape index (κ1) is 16.0. The molecular formula is C16H13FN2O4S. The zero-order chi connectivity index (χ0) is 17.3. The summed E-state index contributed by atoms with van der Waals surface area (Å²) < 4.78 is 43.0. The average molecular weight is 348 g/mol. The van der Waals surface area contributed by atoms with Gasteiger partial charge in [-0.2, -0.15) is 0 Å². The largest absolute Gasteiger partial charge is 0.440 e. The minimum atomic E-state index is -3.54. The highest BCUT2D eigenvalue weighted by Gasteiger charge is 2.18. The summed E-state index contributed by atoms with van der Waals surface area (Å²) in [6, 6.07) is 9.92. The number of halogens is 1. The van der Waals surface area contributed by atoms with E-state index in [4.69, 9.17) is 4.42 Å². The number of rotatable bonds is 4. The Labute approximate surface area is 137 Å². The van der Waals surface area contributed by atoms with Crippen LogP contribution in [-0.2, 0) is 9.84 Å². The van der Waals surface area contributed by atoms with E-state index in [1.54, 1.807) is 29.1 Å². The van der Waals surface area contributed by atoms with Crippen LogP contribution >= 0.6 is 0 Å². The Morgan fingerprint density at radius 2 is 1.88 bits per heavy atom. The van der Waals surface area contributed by atoms with Crippen molar-refractivity contribution in [1.29, 1.82) is 0 Å². The van der Waals surface area contributed by atoms with Gasteiger partial charge < -0.3 is 14.3 Å². The highest BCUT2D eigenvalue weighted by Crippen LogP contribution is 2.23. The number of benzene rings is 1. The fourth-order valence-electron chi connectivity index (χ4n) is 2.14. The topological polar surface area (TPSA) is 81.3 Å². The van der Waals surface area contributed by atoms with Crippen LogP contribution in [0.4, 0.5) is 10.1 Å². The zero-order valence-corrected chi connectivity index (χ0v) is 13.4. The van der Waals surface area contributed by atoms with Crippen LogP contribution < -0.4 is 5.32 Å². The molecule has 1 amide bonds. The first-order valence-corrected chi connectivity index (χ1v) is 8.78. The van der Waals surface area contributed by atoms with Gasteiger partial charge in [0.1, 0.15) is 5.82 Å². The van der Waals surface area contributed by atoms with Gasteiger partial charge in [0.25, 0.3) is 5.91 Å². The third-order valence-corrected chi connectivity index (χ3v) is 4.21. The summed E-state index contributed by atoms with van der Waals surface area (Å²) in [7, 11) is -3.54. The molecule has 0 atom stereocenters. The fourth-order valence-corrected chi connectivity index (χ4v) is 2.70. The molecule has 0 saturated heterocycles. The third-order valence-electron chi connectivity index (χ3n) is 3.26. The molecule has 1 N–H and O–H groups in total. The van der Waals surface area contributed by atoms with Crippen LogP contribution in [0.3, 0.4) is 0 Å². The second-order valence-electron chi connectivity index (χ2n) is 5.10. The van der Waals surface area contributed by atoms with Crippen molar-refractivity contribution >= 4 is 21.4 Å². The summed E-state index contributed by atoms with van der Waals surface area (Å²) in [5.41, 5.74) is 0.790. The monoisotopic (exact) mass is 348 g/mol. The van der Waals surface area contributed by atoms with Gasteiger partial charge >= 0.3 is 0 Å². The molecule has 2 aromatic heterocycles. The number of nitrogens with one attached hydrogen (secondary N) is 1. The molecule has 3 aromatic rings. The second-order valence-corrected chi connectivity index (χ2v) is 7.04. The van der Waals surface area contributed by atoms with Gasteiger partial charge in [0.15, 0.2) is 5.76 Å². The molecular weight excluding hydrogens is 335 g/mol. The Morgan fingerprint density at radius 3 is 2.50 bits per heavy atom. The van der Waals surface area contributed by atoms with Crippen LogP contribution in [0.5, 0.6) is 0 Å². The van der Waals surface area contributed by atoms with Crippen LogP contribution in [0.15, 0.2) is 64.4 Å². The molecule has 124 valence electrons. The van der Waals surface area contributed by atoms with Crippen molar-refractivity contribution in [3.05, 3.63) is 66.4 Å². The summed E-state index contributed by atoms with van der Waals surface area (Å²) in [5, 5.41) is 2.30. The third kappa shape index (κ3) is 3.23. The molecule has 6 nitrogen and oxygen atoms in total. The van der Waals surface area contributed by atoms with Gasteiger partial charge in [-0.3, -0.25) is 4.79 Å². The van der Waals surface area contributed by atoms with E-state index >= 15 is 0 Å². The van der Waals surface area contributed by atoms with Crippen molar-refractivity contribution in [2.45, 2.75) is 5.09 Å². The maximum Gasteiger partial charge on any atom is 0.291 e. The molecule has 0 bridgehead atoms. The highest BCUT2D eigenvalue weighted by atomic mass is 32.2. The Bertz CT molecular complexity index is 991. The maximum absolute atomic E-state index is 13.5. The normalized spacial score (nSPS) is 11.4. The van der Waals surface area contributed by atoms with Gasteiger partial charge in [-0.15, -0.1) is 0 Å². The first-order chi connectivity index (χ1) is 11.3. The van der Waals surface area contributed by atoms with Gasteiger partial charge in [0, 0.05) is 18.6 Å². The van der Waals surface area contributed by atoms with E-state index in [0.29, 0.717) is 11.4 Å². The molecule has 0 aliphatic carbocycles. The number of amides is 1. The predicted molar refractivity (Wildman–Crippen MR) is 85.5 cm³/mol. The van der Waals surface area contributed by atoms with Crippen LogP contribution in [0, 0.1) is 5.82 Å². The van der Waals surface area contributed by atoms with E-state index < -0.39 is 21.6 Å². The lowest BCUT2D eigenvalue weighted by Gasteiger charge is -2.11. The van der Waals surface area contributed by atoms with Crippen molar-refractivity contribution in [3.63, 3.8) is 0 Å². The van der Waals surface area contributed by atoms with E-state index in [1.165, 1.54) is 30.3 Å². The SMILES string of the molecule is CS(=O)(=O)c1ccc(C(=O)Nc2ccc(F)cc2-n2cccc2)o1. The quantitative estimate of drug-likeness (QED) is 0.786. The van der Waals surface area contributed by atoms with E-state index in [2.05, 4.69) is 5.32 Å². The second kappa shape index (κ2) is 5.97. The molecule has 0 saturated carbocycles. The highest BCUT2D eigenvalue weighted by molar-refractivity contribution is 7.90. The summed E-state index contributed by atoms with van der Waals surface area (Å²) >= 11 is 0. The lowest BCUT2D eigenvalue weighted by Crippen LogP contribution is -2.13. The Morgan fingerprint density at radius 1 is 1.17 bits per heavy atom. The van der Waals surface area contributed by atoms with E-state index in [1.807, 2.05) is 0 Å². The summed E-state index contributed by atoms with van der Waals surface area (Å²) in [4.78, 5) is 12.3. The number of hydrogen-bond donors (Lipinski definition) is 1. The fraction of sp³-hybridized carbons (Fsp3) is 0.0625. The van der Waals surface area contributed by atoms with Crippen molar-refractivity contribution in [2.75, 3.05) is 11.6 Å². The molecule has 0 fully saturated rings. The van der Waals surface area contributed by atoms with Gasteiger partial charge in [-0.05, 0) is 42.5 Å². The van der Waals surface area contributed by atoms with Crippen molar-refractivity contribution in [2.24, 2.45) is 0 Å². The van der Waals surface area contributed by atoms with E-state index in [9.17, 15) is 17.6 Å². The Hall–Kier alpha value is -2.87. The van der Waals surface area contributed by atoms with E-state index in [-0.39, 0.29) is 10.9 Å². The van der Waals surface area contributed by atoms with Crippen molar-refractivity contribution in [3.8, 4) is 5.69 Å². The summed E-state index contributed by atoms with van der Waals surface area (Å²) in [6.07, 6.45) is 4.40. The maximum atomic E-state index is 13.5. The van der Waals surface area contributed by atoms with E-state index in [0.717, 1.165) is 6.26 Å². The zero-order valence-electron chi connectivity index (χ0n) is 12.6. The van der Waals surface area contributed by atoms with Gasteiger partial charge in [0.05, 0.1) is 11.4 Å². The standard InChI is InChI=1S/C16H13FN2O4S/c1-24(21,22)15-7-6-14(23-15)16(20)18-12-5-4-11(17)10-13(12)19-8-2-3-9-19/h2-10H,1H3,(H,18,20). The number of sulfone groups is 1. The van der Waals surface area contributed by atoms with Crippen molar-refractivity contribution in [1.82, 2.24) is 4.57 Å².